The van der Waals surface area contributed by atoms with E-state index >= 15 is 0 Å². The van der Waals surface area contributed by atoms with Crippen LogP contribution in [0.1, 0.15) is 46.5 Å². The average molecular weight is 202 g/mol. The highest BCUT2D eigenvalue weighted by atomic mass is 35.5. The molecule has 0 rings (SSSR count). The lowest BCUT2D eigenvalue weighted by Crippen LogP contribution is -1.97. The van der Waals surface area contributed by atoms with Crippen molar-refractivity contribution in [3.63, 3.8) is 0 Å². The second-order valence-electron chi connectivity index (χ2n) is 3.10. The highest BCUT2D eigenvalue weighted by Crippen LogP contribution is 2.17. The Balaban J connectivity index is 3.84. The van der Waals surface area contributed by atoms with E-state index in [0.717, 1.165) is 12.8 Å². The van der Waals surface area contributed by atoms with Gasteiger partial charge in [-0.05, 0) is 32.9 Å². The molecule has 0 aliphatic rings. The summed E-state index contributed by atoms with van der Waals surface area (Å²) in [4.78, 5) is 4.12. The van der Waals surface area contributed by atoms with Crippen LogP contribution in [0.5, 0.6) is 0 Å². The molecule has 0 saturated heterocycles. The standard InChI is InChI=1S/C11H20ClN/c1-4-7-8-10(5-2)9-11(12)13-6-3/h5-6,11H,4,7-9H2,1-3H3/b10-5-,13-6-. The Kier molecular flexibility index (Phi) is 8.11. The van der Waals surface area contributed by atoms with Crippen LogP contribution in [0.15, 0.2) is 16.6 Å². The van der Waals surface area contributed by atoms with E-state index in [9.17, 15) is 0 Å². The van der Waals surface area contributed by atoms with Crippen molar-refractivity contribution in [1.82, 2.24) is 0 Å². The van der Waals surface area contributed by atoms with Gasteiger partial charge < -0.3 is 0 Å². The molecule has 1 nitrogen and oxygen atoms in total. The topological polar surface area (TPSA) is 12.4 Å². The van der Waals surface area contributed by atoms with Crippen LogP contribution < -0.4 is 0 Å². The Hall–Kier alpha value is -0.300. The summed E-state index contributed by atoms with van der Waals surface area (Å²) >= 11 is 5.99. The van der Waals surface area contributed by atoms with Crippen LogP contribution in [0, 0.1) is 0 Å². The van der Waals surface area contributed by atoms with Crippen LogP contribution in [0.3, 0.4) is 0 Å². The molecule has 0 aromatic rings. The molecule has 1 unspecified atom stereocenters. The molecule has 2 heteroatoms. The second kappa shape index (κ2) is 8.31. The van der Waals surface area contributed by atoms with Gasteiger partial charge in [-0.15, -0.1) is 0 Å². The molecular weight excluding hydrogens is 182 g/mol. The molecule has 0 amide bonds. The highest BCUT2D eigenvalue weighted by Gasteiger charge is 2.03. The van der Waals surface area contributed by atoms with Crippen molar-refractivity contribution in [2.24, 2.45) is 4.99 Å². The molecule has 13 heavy (non-hydrogen) atoms. The molecule has 0 aliphatic heterocycles. The first-order valence-electron chi connectivity index (χ1n) is 5.00. The molecule has 0 bridgehead atoms. The fraction of sp³-hybridized carbons (Fsp3) is 0.727. The van der Waals surface area contributed by atoms with Crippen LogP contribution in [0.25, 0.3) is 0 Å². The highest BCUT2D eigenvalue weighted by molar-refractivity contribution is 6.20. The predicted molar refractivity (Wildman–Crippen MR) is 61.7 cm³/mol. The van der Waals surface area contributed by atoms with Gasteiger partial charge in [0.15, 0.2) is 0 Å². The number of nitrogens with zero attached hydrogens (tertiary/aromatic N) is 1. The molecule has 0 aliphatic carbocycles. The molecule has 1 atom stereocenters. The molecule has 76 valence electrons. The third kappa shape index (κ3) is 6.83. The summed E-state index contributed by atoms with van der Waals surface area (Å²) in [5, 5.41) is 0. The third-order valence-corrected chi connectivity index (χ3v) is 2.27. The molecule has 0 radical (unpaired) electrons. The summed E-state index contributed by atoms with van der Waals surface area (Å²) in [6.07, 6.45) is 8.47. The Morgan fingerprint density at radius 2 is 2.15 bits per heavy atom. The monoisotopic (exact) mass is 201 g/mol. The number of halogens is 1. The van der Waals surface area contributed by atoms with Gasteiger partial charge in [0.2, 0.25) is 0 Å². The third-order valence-electron chi connectivity index (χ3n) is 2.00. The van der Waals surface area contributed by atoms with Gasteiger partial charge in [0.25, 0.3) is 0 Å². The summed E-state index contributed by atoms with van der Waals surface area (Å²) in [5.74, 6) is 0. The van der Waals surface area contributed by atoms with Crippen molar-refractivity contribution in [3.8, 4) is 0 Å². The van der Waals surface area contributed by atoms with Crippen molar-refractivity contribution in [2.75, 3.05) is 0 Å². The summed E-state index contributed by atoms with van der Waals surface area (Å²) in [6.45, 7) is 6.18. The van der Waals surface area contributed by atoms with E-state index in [1.807, 2.05) is 6.92 Å². The minimum absolute atomic E-state index is 0.0759. The van der Waals surface area contributed by atoms with Gasteiger partial charge in [-0.1, -0.05) is 36.6 Å². The van der Waals surface area contributed by atoms with E-state index in [4.69, 9.17) is 11.6 Å². The summed E-state index contributed by atoms with van der Waals surface area (Å²) in [6, 6.07) is 0. The lowest BCUT2D eigenvalue weighted by Gasteiger charge is -2.07. The van der Waals surface area contributed by atoms with Gasteiger partial charge in [-0.2, -0.15) is 0 Å². The normalized spacial score (nSPS) is 15.2. The molecule has 0 heterocycles. The fourth-order valence-electron chi connectivity index (χ4n) is 1.20. The van der Waals surface area contributed by atoms with E-state index < -0.39 is 0 Å². The van der Waals surface area contributed by atoms with E-state index in [-0.39, 0.29) is 5.50 Å². The zero-order chi connectivity index (χ0) is 10.1. The minimum atomic E-state index is -0.0759. The predicted octanol–water partition coefficient (Wildman–Crippen LogP) is 4.17. The van der Waals surface area contributed by atoms with E-state index in [2.05, 4.69) is 24.9 Å². The maximum Gasteiger partial charge on any atom is 0.127 e. The van der Waals surface area contributed by atoms with Crippen molar-refractivity contribution in [2.45, 2.75) is 52.0 Å². The quantitative estimate of drug-likeness (QED) is 0.265. The van der Waals surface area contributed by atoms with Gasteiger partial charge >= 0.3 is 0 Å². The summed E-state index contributed by atoms with van der Waals surface area (Å²) in [7, 11) is 0. The second-order valence-corrected chi connectivity index (χ2v) is 3.60. The summed E-state index contributed by atoms with van der Waals surface area (Å²) in [5.41, 5.74) is 1.35. The minimum Gasteiger partial charge on any atom is -0.278 e. The molecule has 0 saturated carbocycles. The number of allylic oxidation sites excluding steroid dienone is 1. The maximum absolute atomic E-state index is 5.99. The number of alkyl halides is 1. The van der Waals surface area contributed by atoms with Crippen LogP contribution in [0.2, 0.25) is 0 Å². The lowest BCUT2D eigenvalue weighted by atomic mass is 10.1. The lowest BCUT2D eigenvalue weighted by molar-refractivity contribution is 0.738. The first-order chi connectivity index (χ1) is 6.24. The first-order valence-corrected chi connectivity index (χ1v) is 5.44. The average Bonchev–Trinajstić information content (AvgIpc) is 2.12. The smallest absolute Gasteiger partial charge is 0.127 e. The SMILES string of the molecule is C/C=N\C(Cl)C/C(=C\C)CCCC. The Bertz CT molecular complexity index is 173. The van der Waals surface area contributed by atoms with Crippen LogP contribution >= 0.6 is 11.6 Å². The molecule has 0 fully saturated rings. The number of unbranched alkanes of at least 4 members (excludes halogenated alkanes) is 1. The van der Waals surface area contributed by atoms with E-state index in [1.165, 1.54) is 18.4 Å². The van der Waals surface area contributed by atoms with E-state index in [0.29, 0.717) is 0 Å². The van der Waals surface area contributed by atoms with Gasteiger partial charge in [0.05, 0.1) is 0 Å². The zero-order valence-corrected chi connectivity index (χ0v) is 9.64. The van der Waals surface area contributed by atoms with Crippen LogP contribution in [0.4, 0.5) is 0 Å². The Morgan fingerprint density at radius 1 is 1.46 bits per heavy atom. The number of rotatable bonds is 6. The molecule has 0 spiro atoms. The van der Waals surface area contributed by atoms with Crippen LogP contribution in [-0.4, -0.2) is 11.7 Å². The van der Waals surface area contributed by atoms with Crippen LogP contribution in [-0.2, 0) is 0 Å². The number of hydrogen-bond donors (Lipinski definition) is 0. The Morgan fingerprint density at radius 3 is 2.62 bits per heavy atom. The largest absolute Gasteiger partial charge is 0.278 e. The van der Waals surface area contributed by atoms with Gasteiger partial charge in [-0.25, -0.2) is 0 Å². The van der Waals surface area contributed by atoms with E-state index in [1.54, 1.807) is 6.21 Å². The van der Waals surface area contributed by atoms with Crippen molar-refractivity contribution < 1.29 is 0 Å². The molecule has 0 aromatic heterocycles. The van der Waals surface area contributed by atoms with Crippen molar-refractivity contribution in [3.05, 3.63) is 11.6 Å². The number of aliphatic imine (C=N–C) groups is 1. The number of hydrogen-bond acceptors (Lipinski definition) is 1. The van der Waals surface area contributed by atoms with Gasteiger partial charge in [-0.3, -0.25) is 4.99 Å². The van der Waals surface area contributed by atoms with Gasteiger partial charge in [0, 0.05) is 6.42 Å². The fourth-order valence-corrected chi connectivity index (χ4v) is 1.51. The zero-order valence-electron chi connectivity index (χ0n) is 8.89. The maximum atomic E-state index is 5.99. The van der Waals surface area contributed by atoms with Crippen molar-refractivity contribution in [1.29, 1.82) is 0 Å². The molecular formula is C11H20ClN. The summed E-state index contributed by atoms with van der Waals surface area (Å²) < 4.78 is 0. The first kappa shape index (κ1) is 12.7. The Labute approximate surface area is 86.9 Å². The molecule has 0 aromatic carbocycles. The van der Waals surface area contributed by atoms with Crippen molar-refractivity contribution >= 4 is 17.8 Å². The van der Waals surface area contributed by atoms with Gasteiger partial charge in [0.1, 0.15) is 5.50 Å². The molecule has 0 N–H and O–H groups in total.